The van der Waals surface area contributed by atoms with Crippen LogP contribution in [0.1, 0.15) is 5.56 Å². The molecule has 0 aliphatic carbocycles. The molecule has 1 aromatic carbocycles. The van der Waals surface area contributed by atoms with E-state index in [1.54, 1.807) is 18.0 Å². The molecule has 0 amide bonds. The lowest BCUT2D eigenvalue weighted by Gasteiger charge is -2.05. The maximum atomic E-state index is 6.07. The monoisotopic (exact) mass is 250 g/mol. The summed E-state index contributed by atoms with van der Waals surface area (Å²) in [5.74, 6) is 0.779. The maximum Gasteiger partial charge on any atom is 0.119 e. The average Bonchev–Trinajstić information content (AvgIpc) is 2.30. The molecule has 2 aromatic rings. The summed E-state index contributed by atoms with van der Waals surface area (Å²) in [7, 11) is 0. The number of nitrogen functional groups attached to an aromatic ring is 1. The summed E-state index contributed by atoms with van der Waals surface area (Å²) < 4.78 is 0. The molecule has 0 saturated carbocycles. The SMILES string of the molecule is Nc1cccnc1SCc1ccccc1Cl. The van der Waals surface area contributed by atoms with Gasteiger partial charge in [-0.25, -0.2) is 4.98 Å². The van der Waals surface area contributed by atoms with Gasteiger partial charge in [0.2, 0.25) is 0 Å². The Kier molecular flexibility index (Phi) is 3.70. The van der Waals surface area contributed by atoms with Gasteiger partial charge in [-0.2, -0.15) is 0 Å². The highest BCUT2D eigenvalue weighted by Crippen LogP contribution is 2.28. The minimum absolute atomic E-state index is 0.708. The maximum absolute atomic E-state index is 6.07. The standard InChI is InChI=1S/C12H11ClN2S/c13-10-5-2-1-4-9(10)8-16-12-11(14)6-3-7-15-12/h1-7H,8,14H2. The van der Waals surface area contributed by atoms with Crippen molar-refractivity contribution in [1.29, 1.82) is 0 Å². The number of nitrogens with two attached hydrogens (primary N) is 1. The van der Waals surface area contributed by atoms with Crippen molar-refractivity contribution >= 4 is 29.1 Å². The summed E-state index contributed by atoms with van der Waals surface area (Å²) in [6, 6.07) is 11.5. The Morgan fingerprint density at radius 3 is 2.75 bits per heavy atom. The van der Waals surface area contributed by atoms with E-state index < -0.39 is 0 Å². The lowest BCUT2D eigenvalue weighted by molar-refractivity contribution is 1.14. The van der Waals surface area contributed by atoms with Crippen LogP contribution in [0.4, 0.5) is 5.69 Å². The number of hydrogen-bond donors (Lipinski definition) is 1. The molecule has 0 aliphatic heterocycles. The third-order valence-corrected chi connectivity index (χ3v) is 3.56. The van der Waals surface area contributed by atoms with Crippen molar-refractivity contribution in [3.8, 4) is 0 Å². The smallest absolute Gasteiger partial charge is 0.119 e. The van der Waals surface area contributed by atoms with Crippen LogP contribution in [0.3, 0.4) is 0 Å². The lowest BCUT2D eigenvalue weighted by Crippen LogP contribution is -1.91. The molecule has 0 unspecified atom stereocenters. The fraction of sp³-hybridized carbons (Fsp3) is 0.0833. The first-order valence-electron chi connectivity index (χ1n) is 4.84. The summed E-state index contributed by atoms with van der Waals surface area (Å²) in [4.78, 5) is 4.22. The summed E-state index contributed by atoms with van der Waals surface area (Å²) in [5.41, 5.74) is 7.61. The number of anilines is 1. The van der Waals surface area contributed by atoms with E-state index in [-0.39, 0.29) is 0 Å². The van der Waals surface area contributed by atoms with E-state index in [2.05, 4.69) is 4.98 Å². The van der Waals surface area contributed by atoms with Gasteiger partial charge in [-0.1, -0.05) is 41.6 Å². The van der Waals surface area contributed by atoms with Crippen LogP contribution in [0.5, 0.6) is 0 Å². The Hall–Kier alpha value is -1.19. The normalized spacial score (nSPS) is 10.3. The highest BCUT2D eigenvalue weighted by atomic mass is 35.5. The highest BCUT2D eigenvalue weighted by Gasteiger charge is 2.03. The van der Waals surface area contributed by atoms with Crippen molar-refractivity contribution in [3.63, 3.8) is 0 Å². The second-order valence-corrected chi connectivity index (χ2v) is 4.65. The van der Waals surface area contributed by atoms with Crippen LogP contribution in [0.2, 0.25) is 5.02 Å². The predicted octanol–water partition coefficient (Wildman–Crippen LogP) is 3.61. The number of rotatable bonds is 3. The largest absolute Gasteiger partial charge is 0.397 e. The molecule has 1 aromatic heterocycles. The molecule has 0 bridgehead atoms. The number of pyridine rings is 1. The van der Waals surface area contributed by atoms with Gasteiger partial charge < -0.3 is 5.73 Å². The van der Waals surface area contributed by atoms with E-state index in [0.717, 1.165) is 21.4 Å². The van der Waals surface area contributed by atoms with Gasteiger partial charge in [0.25, 0.3) is 0 Å². The molecule has 2 nitrogen and oxygen atoms in total. The lowest BCUT2D eigenvalue weighted by atomic mass is 10.2. The number of benzene rings is 1. The third kappa shape index (κ3) is 2.68. The van der Waals surface area contributed by atoms with Crippen molar-refractivity contribution in [1.82, 2.24) is 4.98 Å². The van der Waals surface area contributed by atoms with Gasteiger partial charge in [0.05, 0.1) is 5.69 Å². The number of hydrogen-bond acceptors (Lipinski definition) is 3. The summed E-state index contributed by atoms with van der Waals surface area (Å²) in [5, 5.41) is 1.63. The molecule has 0 saturated heterocycles. The zero-order valence-corrected chi connectivity index (χ0v) is 10.1. The first-order valence-corrected chi connectivity index (χ1v) is 6.20. The van der Waals surface area contributed by atoms with E-state index in [1.807, 2.05) is 36.4 Å². The zero-order chi connectivity index (χ0) is 11.4. The Morgan fingerprint density at radius 2 is 2.00 bits per heavy atom. The molecule has 2 N–H and O–H groups in total. The first-order chi connectivity index (χ1) is 7.77. The van der Waals surface area contributed by atoms with Crippen LogP contribution in [-0.2, 0) is 5.75 Å². The zero-order valence-electron chi connectivity index (χ0n) is 8.56. The van der Waals surface area contributed by atoms with Gasteiger partial charge in [-0.3, -0.25) is 0 Å². The van der Waals surface area contributed by atoms with Crippen molar-refractivity contribution in [3.05, 3.63) is 53.2 Å². The molecule has 4 heteroatoms. The molecule has 0 spiro atoms. The molecular weight excluding hydrogens is 240 g/mol. The van der Waals surface area contributed by atoms with Crippen LogP contribution in [0, 0.1) is 0 Å². The van der Waals surface area contributed by atoms with Crippen LogP contribution < -0.4 is 5.73 Å². The molecular formula is C12H11ClN2S. The van der Waals surface area contributed by atoms with Crippen LogP contribution in [0.15, 0.2) is 47.6 Å². The van der Waals surface area contributed by atoms with Crippen molar-refractivity contribution in [2.75, 3.05) is 5.73 Å². The van der Waals surface area contributed by atoms with Gasteiger partial charge in [0.15, 0.2) is 0 Å². The topological polar surface area (TPSA) is 38.9 Å². The molecule has 0 fully saturated rings. The molecule has 0 radical (unpaired) electrons. The van der Waals surface area contributed by atoms with Gasteiger partial charge in [0.1, 0.15) is 5.03 Å². The quantitative estimate of drug-likeness (QED) is 0.846. The molecule has 16 heavy (non-hydrogen) atoms. The fourth-order valence-corrected chi connectivity index (χ4v) is 2.48. The molecule has 1 heterocycles. The van der Waals surface area contributed by atoms with Gasteiger partial charge in [0, 0.05) is 17.0 Å². The molecule has 0 atom stereocenters. The van der Waals surface area contributed by atoms with Crippen molar-refractivity contribution < 1.29 is 0 Å². The highest BCUT2D eigenvalue weighted by molar-refractivity contribution is 7.98. The fourth-order valence-electron chi connectivity index (χ4n) is 1.29. The first kappa shape index (κ1) is 11.3. The van der Waals surface area contributed by atoms with Crippen molar-refractivity contribution in [2.24, 2.45) is 0 Å². The molecule has 82 valence electrons. The predicted molar refractivity (Wildman–Crippen MR) is 69.7 cm³/mol. The van der Waals surface area contributed by atoms with Crippen LogP contribution in [-0.4, -0.2) is 4.98 Å². The molecule has 0 aliphatic rings. The number of nitrogens with zero attached hydrogens (tertiary/aromatic N) is 1. The second kappa shape index (κ2) is 5.23. The van der Waals surface area contributed by atoms with Gasteiger partial charge in [-0.05, 0) is 23.8 Å². The van der Waals surface area contributed by atoms with Gasteiger partial charge in [-0.15, -0.1) is 0 Å². The van der Waals surface area contributed by atoms with Gasteiger partial charge >= 0.3 is 0 Å². The summed E-state index contributed by atoms with van der Waals surface area (Å²) in [6.07, 6.45) is 1.74. The van der Waals surface area contributed by atoms with E-state index in [0.29, 0.717) is 5.69 Å². The second-order valence-electron chi connectivity index (χ2n) is 3.28. The number of aromatic nitrogens is 1. The Balaban J connectivity index is 2.09. The Bertz CT molecular complexity index is 442. The summed E-state index contributed by atoms with van der Waals surface area (Å²) in [6.45, 7) is 0. The van der Waals surface area contributed by atoms with E-state index >= 15 is 0 Å². The summed E-state index contributed by atoms with van der Waals surface area (Å²) >= 11 is 7.66. The average molecular weight is 251 g/mol. The van der Waals surface area contributed by atoms with E-state index in [9.17, 15) is 0 Å². The van der Waals surface area contributed by atoms with Crippen molar-refractivity contribution in [2.45, 2.75) is 10.8 Å². The minimum Gasteiger partial charge on any atom is -0.397 e. The van der Waals surface area contributed by atoms with E-state index in [4.69, 9.17) is 17.3 Å². The van der Waals surface area contributed by atoms with E-state index in [1.165, 1.54) is 0 Å². The molecule has 2 rings (SSSR count). The number of thioether (sulfide) groups is 1. The third-order valence-electron chi connectivity index (χ3n) is 2.12. The Labute approximate surface area is 104 Å². The van der Waals surface area contributed by atoms with Crippen LogP contribution in [0.25, 0.3) is 0 Å². The minimum atomic E-state index is 0.708. The Morgan fingerprint density at radius 1 is 1.19 bits per heavy atom. The number of halogens is 1. The van der Waals surface area contributed by atoms with Crippen LogP contribution >= 0.6 is 23.4 Å².